The van der Waals surface area contributed by atoms with Gasteiger partial charge in [-0.15, -0.1) is 0 Å². The van der Waals surface area contributed by atoms with Gasteiger partial charge in [-0.3, -0.25) is 0 Å². The summed E-state index contributed by atoms with van der Waals surface area (Å²) in [7, 11) is 0. The van der Waals surface area contributed by atoms with Crippen molar-refractivity contribution in [3.63, 3.8) is 0 Å². The van der Waals surface area contributed by atoms with E-state index in [2.05, 4.69) is 81.4 Å². The van der Waals surface area contributed by atoms with Crippen molar-refractivity contribution in [1.29, 1.82) is 0 Å². The lowest BCUT2D eigenvalue weighted by Crippen LogP contribution is -2.25. The average molecular weight is 223 g/mol. The largest absolute Gasteiger partial charge is 0.0622 e. The molecule has 2 rings (SSSR count). The third kappa shape index (κ3) is 2.41. The molecule has 0 heteroatoms. The van der Waals surface area contributed by atoms with Crippen molar-refractivity contribution >= 4 is 0 Å². The standard InChI is InChI=1S/C17H19/c1-14(15-10-6-4-7-11-15)17(2,3)16-12-8-5-9-13-16/h4-13H,1-3H3. The van der Waals surface area contributed by atoms with Gasteiger partial charge in [-0.2, -0.15) is 0 Å². The Balaban J connectivity index is 2.33. The Kier molecular flexibility index (Phi) is 3.33. The van der Waals surface area contributed by atoms with E-state index in [0.29, 0.717) is 0 Å². The summed E-state index contributed by atoms with van der Waals surface area (Å²) >= 11 is 0. The van der Waals surface area contributed by atoms with Gasteiger partial charge >= 0.3 is 0 Å². The fourth-order valence-corrected chi connectivity index (χ4v) is 2.12. The van der Waals surface area contributed by atoms with Crippen LogP contribution in [0.1, 0.15) is 31.9 Å². The molecule has 0 unspecified atom stereocenters. The Morgan fingerprint density at radius 1 is 0.765 bits per heavy atom. The van der Waals surface area contributed by atoms with Crippen molar-refractivity contribution in [2.75, 3.05) is 0 Å². The SMILES string of the molecule is C[C](c1ccccc1)C(C)(C)c1ccccc1. The van der Waals surface area contributed by atoms with Crippen LogP contribution in [-0.4, -0.2) is 0 Å². The number of rotatable bonds is 3. The van der Waals surface area contributed by atoms with Gasteiger partial charge in [0.1, 0.15) is 0 Å². The predicted octanol–water partition coefficient (Wildman–Crippen LogP) is 4.61. The molecule has 0 saturated carbocycles. The Hall–Kier alpha value is -1.56. The van der Waals surface area contributed by atoms with E-state index in [1.54, 1.807) is 0 Å². The lowest BCUT2D eigenvalue weighted by molar-refractivity contribution is 0.563. The van der Waals surface area contributed by atoms with Gasteiger partial charge in [-0.05, 0) is 16.5 Å². The molecule has 87 valence electrons. The molecule has 0 fully saturated rings. The zero-order chi connectivity index (χ0) is 12.3. The minimum absolute atomic E-state index is 0.0720. The summed E-state index contributed by atoms with van der Waals surface area (Å²) in [6.45, 7) is 6.79. The summed E-state index contributed by atoms with van der Waals surface area (Å²) < 4.78 is 0. The molecule has 0 aliphatic carbocycles. The second-order valence-electron chi connectivity index (χ2n) is 4.98. The van der Waals surface area contributed by atoms with Crippen LogP contribution in [0.25, 0.3) is 0 Å². The first-order valence-electron chi connectivity index (χ1n) is 6.07. The molecular formula is C17H19. The lowest BCUT2D eigenvalue weighted by atomic mass is 9.71. The third-order valence-electron chi connectivity index (χ3n) is 3.64. The summed E-state index contributed by atoms with van der Waals surface area (Å²) in [6.07, 6.45) is 0. The second-order valence-corrected chi connectivity index (χ2v) is 4.98. The quantitative estimate of drug-likeness (QED) is 0.713. The Bertz CT molecular complexity index is 454. The van der Waals surface area contributed by atoms with E-state index >= 15 is 0 Å². The van der Waals surface area contributed by atoms with Crippen LogP contribution in [0.4, 0.5) is 0 Å². The molecule has 0 spiro atoms. The molecule has 0 nitrogen and oxygen atoms in total. The molecule has 0 heterocycles. The first-order chi connectivity index (χ1) is 8.12. The molecule has 0 aliphatic heterocycles. The highest BCUT2D eigenvalue weighted by Gasteiger charge is 2.29. The Morgan fingerprint density at radius 3 is 1.76 bits per heavy atom. The van der Waals surface area contributed by atoms with Gasteiger partial charge in [0.25, 0.3) is 0 Å². The van der Waals surface area contributed by atoms with Gasteiger partial charge in [0.2, 0.25) is 0 Å². The van der Waals surface area contributed by atoms with Crippen molar-refractivity contribution in [2.24, 2.45) is 0 Å². The molecule has 0 atom stereocenters. The molecule has 2 aromatic carbocycles. The maximum atomic E-state index is 2.28. The average Bonchev–Trinajstić information content (AvgIpc) is 2.40. The highest BCUT2D eigenvalue weighted by Crippen LogP contribution is 2.37. The summed E-state index contributed by atoms with van der Waals surface area (Å²) in [5, 5.41) is 0. The smallest absolute Gasteiger partial charge is 0.0119 e. The summed E-state index contributed by atoms with van der Waals surface area (Å²) in [6, 6.07) is 21.3. The zero-order valence-electron chi connectivity index (χ0n) is 10.8. The lowest BCUT2D eigenvalue weighted by Gasteiger charge is -2.32. The van der Waals surface area contributed by atoms with E-state index < -0.39 is 0 Å². The molecular weight excluding hydrogens is 204 g/mol. The van der Waals surface area contributed by atoms with Gasteiger partial charge in [0.15, 0.2) is 0 Å². The van der Waals surface area contributed by atoms with Crippen molar-refractivity contribution in [3.8, 4) is 0 Å². The van der Waals surface area contributed by atoms with Crippen molar-refractivity contribution in [2.45, 2.75) is 26.2 Å². The van der Waals surface area contributed by atoms with Crippen LogP contribution in [0, 0.1) is 5.92 Å². The van der Waals surface area contributed by atoms with E-state index in [1.807, 2.05) is 0 Å². The highest BCUT2D eigenvalue weighted by molar-refractivity contribution is 5.41. The van der Waals surface area contributed by atoms with E-state index in [1.165, 1.54) is 17.0 Å². The maximum absolute atomic E-state index is 2.28. The molecule has 0 saturated heterocycles. The third-order valence-corrected chi connectivity index (χ3v) is 3.64. The molecule has 0 aliphatic rings. The molecule has 1 radical (unpaired) electrons. The summed E-state index contributed by atoms with van der Waals surface area (Å²) in [5.74, 6) is 1.41. The molecule has 0 N–H and O–H groups in total. The maximum Gasteiger partial charge on any atom is 0.0119 e. The van der Waals surface area contributed by atoms with E-state index in [9.17, 15) is 0 Å². The van der Waals surface area contributed by atoms with Crippen LogP contribution in [0.3, 0.4) is 0 Å². The first kappa shape index (κ1) is 11.9. The van der Waals surface area contributed by atoms with Gasteiger partial charge in [0, 0.05) is 5.92 Å². The normalized spacial score (nSPS) is 11.8. The number of hydrogen-bond donors (Lipinski definition) is 0. The van der Waals surface area contributed by atoms with Crippen LogP contribution < -0.4 is 0 Å². The van der Waals surface area contributed by atoms with Gasteiger partial charge in [-0.25, -0.2) is 0 Å². The fraction of sp³-hybridized carbons (Fsp3) is 0.235. The highest BCUT2D eigenvalue weighted by atomic mass is 14.3. The molecule has 0 amide bonds. The second kappa shape index (κ2) is 4.75. The molecule has 0 bridgehead atoms. The summed E-state index contributed by atoms with van der Waals surface area (Å²) in [5.41, 5.74) is 2.76. The van der Waals surface area contributed by atoms with Crippen molar-refractivity contribution in [1.82, 2.24) is 0 Å². The number of benzene rings is 2. The topological polar surface area (TPSA) is 0 Å². The van der Waals surface area contributed by atoms with Crippen LogP contribution in [0.15, 0.2) is 60.7 Å². The minimum atomic E-state index is 0.0720. The fourth-order valence-electron chi connectivity index (χ4n) is 2.12. The van der Waals surface area contributed by atoms with E-state index in [-0.39, 0.29) is 5.41 Å². The van der Waals surface area contributed by atoms with Gasteiger partial charge in [0.05, 0.1) is 0 Å². The molecule has 17 heavy (non-hydrogen) atoms. The Labute approximate surface area is 104 Å². The van der Waals surface area contributed by atoms with E-state index in [4.69, 9.17) is 0 Å². The van der Waals surface area contributed by atoms with Crippen LogP contribution in [0.5, 0.6) is 0 Å². The van der Waals surface area contributed by atoms with Crippen molar-refractivity contribution < 1.29 is 0 Å². The predicted molar refractivity (Wildman–Crippen MR) is 73.9 cm³/mol. The zero-order valence-corrected chi connectivity index (χ0v) is 10.8. The molecule has 2 aromatic rings. The van der Waals surface area contributed by atoms with Gasteiger partial charge < -0.3 is 0 Å². The van der Waals surface area contributed by atoms with Gasteiger partial charge in [-0.1, -0.05) is 81.4 Å². The van der Waals surface area contributed by atoms with Crippen LogP contribution in [-0.2, 0) is 5.41 Å². The van der Waals surface area contributed by atoms with Crippen LogP contribution in [0.2, 0.25) is 0 Å². The number of hydrogen-bond acceptors (Lipinski definition) is 0. The van der Waals surface area contributed by atoms with Crippen molar-refractivity contribution in [3.05, 3.63) is 77.7 Å². The van der Waals surface area contributed by atoms with E-state index in [0.717, 1.165) is 0 Å². The summed E-state index contributed by atoms with van der Waals surface area (Å²) in [4.78, 5) is 0. The minimum Gasteiger partial charge on any atom is -0.0622 e. The molecule has 0 aromatic heterocycles. The van der Waals surface area contributed by atoms with Crippen LogP contribution >= 0.6 is 0 Å². The monoisotopic (exact) mass is 223 g/mol. The first-order valence-corrected chi connectivity index (χ1v) is 6.07. The Morgan fingerprint density at radius 2 is 1.24 bits per heavy atom.